The van der Waals surface area contributed by atoms with E-state index in [1.54, 1.807) is 55.3 Å². The van der Waals surface area contributed by atoms with Gasteiger partial charge in [0.05, 0.1) is 36.5 Å². The number of ether oxygens (including phenoxy) is 3. The summed E-state index contributed by atoms with van der Waals surface area (Å²) >= 11 is 9.43. The second-order valence-corrected chi connectivity index (χ2v) is 10.7. The summed E-state index contributed by atoms with van der Waals surface area (Å²) in [6.45, 7) is 1.77. The van der Waals surface area contributed by atoms with Crippen molar-refractivity contribution in [2.75, 3.05) is 19.5 Å². The van der Waals surface area contributed by atoms with Crippen molar-refractivity contribution in [1.29, 1.82) is 0 Å². The Kier molecular flexibility index (Phi) is 7.91. The number of benzene rings is 3. The fraction of sp³-hybridized carbons (Fsp3) is 0.241. The first-order valence-corrected chi connectivity index (χ1v) is 13.6. The van der Waals surface area contributed by atoms with Crippen LogP contribution < -0.4 is 24.8 Å². The molecule has 11 heteroatoms. The largest absolute Gasteiger partial charge is 0.497 e. The van der Waals surface area contributed by atoms with Crippen molar-refractivity contribution in [3.8, 4) is 23.0 Å². The van der Waals surface area contributed by atoms with E-state index in [9.17, 15) is 14.0 Å². The van der Waals surface area contributed by atoms with Crippen molar-refractivity contribution in [2.45, 2.75) is 31.8 Å². The molecule has 8 nitrogen and oxygen atoms in total. The van der Waals surface area contributed by atoms with Gasteiger partial charge in [-0.1, -0.05) is 33.6 Å². The molecule has 3 aromatic rings. The first kappa shape index (κ1) is 27.8. The lowest BCUT2D eigenvalue weighted by Gasteiger charge is -2.36. The van der Waals surface area contributed by atoms with Crippen LogP contribution >= 0.6 is 27.5 Å². The molecular weight excluding hydrogens is 605 g/mol. The third kappa shape index (κ3) is 5.59. The van der Waals surface area contributed by atoms with Gasteiger partial charge in [-0.3, -0.25) is 9.69 Å². The minimum Gasteiger partial charge on any atom is -0.497 e. The van der Waals surface area contributed by atoms with Crippen molar-refractivity contribution in [3.63, 3.8) is 0 Å². The van der Waals surface area contributed by atoms with Gasteiger partial charge in [0, 0.05) is 33.9 Å². The summed E-state index contributed by atoms with van der Waals surface area (Å²) in [5.74, 6) is 0.641. The Balaban J connectivity index is 1.57. The maximum Gasteiger partial charge on any atom is 0.322 e. The van der Waals surface area contributed by atoms with Crippen molar-refractivity contribution in [3.05, 3.63) is 86.7 Å². The highest BCUT2D eigenvalue weighted by atomic mass is 79.9. The van der Waals surface area contributed by atoms with E-state index in [1.807, 2.05) is 0 Å². The molecule has 1 saturated carbocycles. The molecule has 2 N–H and O–H groups in total. The third-order valence-electron chi connectivity index (χ3n) is 6.75. The molecule has 3 amide bonds. The topological polar surface area (TPSA) is 89.1 Å². The Bertz CT molecular complexity index is 1530. The summed E-state index contributed by atoms with van der Waals surface area (Å²) in [6.07, 6.45) is 1.71. The Morgan fingerprint density at radius 3 is 2.48 bits per heavy atom. The number of rotatable bonds is 8. The number of hydrogen-bond acceptors (Lipinski definition) is 5. The number of halogens is 3. The molecule has 0 spiro atoms. The third-order valence-corrected chi connectivity index (χ3v) is 7.53. The van der Waals surface area contributed by atoms with Crippen LogP contribution in [0.5, 0.6) is 23.0 Å². The number of allylic oxidation sites excluding steroid dienone is 1. The number of anilines is 1. The minimum atomic E-state index is -0.856. The Hall–Kier alpha value is -3.76. The molecule has 2 aliphatic rings. The summed E-state index contributed by atoms with van der Waals surface area (Å²) in [6, 6.07) is 13.2. The Morgan fingerprint density at radius 2 is 1.80 bits per heavy atom. The van der Waals surface area contributed by atoms with E-state index >= 15 is 0 Å². The van der Waals surface area contributed by atoms with Gasteiger partial charge in [0.1, 0.15) is 28.8 Å². The molecule has 0 aromatic heterocycles. The molecule has 1 fully saturated rings. The highest BCUT2D eigenvalue weighted by Gasteiger charge is 2.43. The van der Waals surface area contributed by atoms with Gasteiger partial charge in [0.25, 0.3) is 5.91 Å². The summed E-state index contributed by atoms with van der Waals surface area (Å²) in [7, 11) is 3.04. The number of hydrogen-bond donors (Lipinski definition) is 2. The first-order valence-electron chi connectivity index (χ1n) is 12.5. The Labute approximate surface area is 244 Å². The van der Waals surface area contributed by atoms with Gasteiger partial charge < -0.3 is 24.8 Å². The monoisotopic (exact) mass is 629 g/mol. The molecule has 1 aliphatic heterocycles. The van der Waals surface area contributed by atoms with Gasteiger partial charge in [-0.25, -0.2) is 9.18 Å². The van der Waals surface area contributed by atoms with Crippen LogP contribution in [0.1, 0.15) is 31.4 Å². The molecule has 3 aromatic carbocycles. The van der Waals surface area contributed by atoms with Crippen molar-refractivity contribution < 1.29 is 28.2 Å². The van der Waals surface area contributed by atoms with Gasteiger partial charge in [-0.05, 0) is 56.2 Å². The smallest absolute Gasteiger partial charge is 0.322 e. The fourth-order valence-corrected chi connectivity index (χ4v) is 5.16. The summed E-state index contributed by atoms with van der Waals surface area (Å²) in [4.78, 5) is 28.9. The minimum absolute atomic E-state index is 0.0290. The SMILES string of the molecule is COc1ccc(NC(=O)C2=C(C)N(C3CC3)C(=O)NC2c2ccc(Br)cc2Oc2ccc(F)c(Cl)c2)c(OC)c1. The van der Waals surface area contributed by atoms with E-state index in [0.29, 0.717) is 50.0 Å². The van der Waals surface area contributed by atoms with E-state index in [2.05, 4.69) is 26.6 Å². The summed E-state index contributed by atoms with van der Waals surface area (Å²) in [5, 5.41) is 5.84. The molecular formula is C29H26BrClFN3O5. The highest BCUT2D eigenvalue weighted by molar-refractivity contribution is 9.10. The predicted molar refractivity (Wildman–Crippen MR) is 153 cm³/mol. The van der Waals surface area contributed by atoms with E-state index in [1.165, 1.54) is 25.3 Å². The van der Waals surface area contributed by atoms with Crippen LogP contribution in [-0.2, 0) is 4.79 Å². The van der Waals surface area contributed by atoms with Crippen LogP contribution in [0.15, 0.2) is 70.3 Å². The van der Waals surface area contributed by atoms with Crippen LogP contribution in [0.4, 0.5) is 14.9 Å². The number of nitrogens with one attached hydrogen (secondary N) is 2. The number of methoxy groups -OCH3 is 2. The normalized spacial score (nSPS) is 16.9. The average molecular weight is 631 g/mol. The summed E-state index contributed by atoms with van der Waals surface area (Å²) in [5.41, 5.74) is 1.85. The van der Waals surface area contributed by atoms with Gasteiger partial charge in [0.2, 0.25) is 0 Å². The van der Waals surface area contributed by atoms with Crippen LogP contribution in [-0.4, -0.2) is 37.1 Å². The number of nitrogens with zero attached hydrogens (tertiary/aromatic N) is 1. The van der Waals surface area contributed by atoms with Crippen LogP contribution in [0.3, 0.4) is 0 Å². The second kappa shape index (κ2) is 11.4. The van der Waals surface area contributed by atoms with Gasteiger partial charge >= 0.3 is 6.03 Å². The maximum atomic E-state index is 14.0. The highest BCUT2D eigenvalue weighted by Crippen LogP contribution is 2.42. The molecule has 0 radical (unpaired) electrons. The van der Waals surface area contributed by atoms with Gasteiger partial charge in [-0.2, -0.15) is 0 Å². The summed E-state index contributed by atoms with van der Waals surface area (Å²) < 4.78 is 31.3. The number of carbonyl (C=O) groups is 2. The van der Waals surface area contributed by atoms with E-state index in [0.717, 1.165) is 12.8 Å². The maximum absolute atomic E-state index is 14.0. The predicted octanol–water partition coefficient (Wildman–Crippen LogP) is 7.19. The van der Waals surface area contributed by atoms with E-state index in [4.69, 9.17) is 25.8 Å². The lowest BCUT2D eigenvalue weighted by molar-refractivity contribution is -0.113. The lowest BCUT2D eigenvalue weighted by Crippen LogP contribution is -2.49. The first-order chi connectivity index (χ1) is 19.2. The molecule has 0 bridgehead atoms. The second-order valence-electron chi connectivity index (χ2n) is 9.36. The number of urea groups is 1. The average Bonchev–Trinajstić information content (AvgIpc) is 3.76. The van der Waals surface area contributed by atoms with Crippen LogP contribution in [0, 0.1) is 5.82 Å². The standard InChI is InChI=1S/C29H26BrClFN3O5/c1-15-26(28(36)33-23-11-8-18(38-2)14-25(23)39-3)27(34-29(37)35(15)17-5-6-17)20-9-4-16(30)12-24(20)40-19-7-10-22(32)21(31)13-19/h4,7-14,17,27H,5-6H2,1-3H3,(H,33,36)(H,34,37). The zero-order valence-electron chi connectivity index (χ0n) is 21.9. The molecule has 40 heavy (non-hydrogen) atoms. The number of carbonyl (C=O) groups excluding carboxylic acids is 2. The fourth-order valence-electron chi connectivity index (χ4n) is 4.65. The van der Waals surface area contributed by atoms with Gasteiger partial charge in [0.15, 0.2) is 0 Å². The zero-order chi connectivity index (χ0) is 28.6. The van der Waals surface area contributed by atoms with Crippen LogP contribution in [0.2, 0.25) is 5.02 Å². The molecule has 1 heterocycles. The molecule has 1 unspecified atom stereocenters. The quantitative estimate of drug-likeness (QED) is 0.275. The number of amides is 3. The van der Waals surface area contributed by atoms with Crippen molar-refractivity contribution in [2.24, 2.45) is 0 Å². The van der Waals surface area contributed by atoms with Gasteiger partial charge in [-0.15, -0.1) is 0 Å². The van der Waals surface area contributed by atoms with E-state index < -0.39 is 17.8 Å². The zero-order valence-corrected chi connectivity index (χ0v) is 24.2. The van der Waals surface area contributed by atoms with E-state index in [-0.39, 0.29) is 17.1 Å². The lowest BCUT2D eigenvalue weighted by atomic mass is 9.93. The molecule has 1 aliphatic carbocycles. The van der Waals surface area contributed by atoms with Crippen molar-refractivity contribution in [1.82, 2.24) is 10.2 Å². The molecule has 5 rings (SSSR count). The Morgan fingerprint density at radius 1 is 1.05 bits per heavy atom. The molecule has 0 saturated heterocycles. The molecule has 208 valence electrons. The van der Waals surface area contributed by atoms with Crippen LogP contribution in [0.25, 0.3) is 0 Å². The van der Waals surface area contributed by atoms with Crippen molar-refractivity contribution >= 4 is 45.2 Å². The molecule has 1 atom stereocenters.